The smallest absolute Gasteiger partial charge is 0.273 e. The molecule has 9 nitrogen and oxygen atoms in total. The molecule has 4 heterocycles. The maximum Gasteiger partial charge on any atom is 0.273 e. The molecule has 0 saturated carbocycles. The lowest BCUT2D eigenvalue weighted by molar-refractivity contribution is 0.0258. The summed E-state index contributed by atoms with van der Waals surface area (Å²) in [7, 11) is 1.74. The molecule has 0 aliphatic carbocycles. The first-order valence-electron chi connectivity index (χ1n) is 11.2. The van der Waals surface area contributed by atoms with Crippen molar-refractivity contribution in [3.63, 3.8) is 0 Å². The molecule has 9 heteroatoms. The second kappa shape index (κ2) is 8.92. The number of carbonyl (C=O) groups is 1. The largest absolute Gasteiger partial charge is 0.492 e. The Morgan fingerprint density at radius 1 is 1.24 bits per heavy atom. The number of fused-ring (bicyclic) bond motifs is 2. The summed E-state index contributed by atoms with van der Waals surface area (Å²) in [5, 5.41) is 7.03. The average molecular weight is 449 g/mol. The Balaban J connectivity index is 1.39. The van der Waals surface area contributed by atoms with E-state index in [1.54, 1.807) is 30.3 Å². The number of morpholine rings is 1. The molecule has 0 radical (unpaired) electrons. The summed E-state index contributed by atoms with van der Waals surface area (Å²) in [6, 6.07) is 7.87. The van der Waals surface area contributed by atoms with E-state index in [1.807, 2.05) is 32.0 Å². The number of nitrogens with one attached hydrogen (secondary N) is 1. The van der Waals surface area contributed by atoms with Crippen molar-refractivity contribution in [2.45, 2.75) is 32.4 Å². The zero-order valence-electron chi connectivity index (χ0n) is 19.1. The van der Waals surface area contributed by atoms with Crippen LogP contribution in [0.2, 0.25) is 0 Å². The first-order valence-corrected chi connectivity index (χ1v) is 11.2. The van der Waals surface area contributed by atoms with Crippen LogP contribution in [-0.2, 0) is 11.8 Å². The van der Waals surface area contributed by atoms with Crippen molar-refractivity contribution in [1.29, 1.82) is 0 Å². The van der Waals surface area contributed by atoms with Crippen LogP contribution in [0.4, 0.5) is 5.69 Å². The predicted molar refractivity (Wildman–Crippen MR) is 123 cm³/mol. The minimum absolute atomic E-state index is 0.223. The van der Waals surface area contributed by atoms with E-state index in [-0.39, 0.29) is 5.91 Å². The summed E-state index contributed by atoms with van der Waals surface area (Å²) >= 11 is 0. The molecule has 3 aromatic rings. The molecular formula is C24H28N6O3. The highest BCUT2D eigenvalue weighted by Crippen LogP contribution is 2.36. The molecular weight excluding hydrogens is 420 g/mol. The molecule has 2 aromatic heterocycles. The van der Waals surface area contributed by atoms with E-state index in [1.165, 1.54) is 0 Å². The van der Waals surface area contributed by atoms with E-state index in [9.17, 15) is 4.79 Å². The highest BCUT2D eigenvalue weighted by molar-refractivity contribution is 6.03. The van der Waals surface area contributed by atoms with Gasteiger partial charge in [-0.1, -0.05) is 0 Å². The van der Waals surface area contributed by atoms with Crippen molar-refractivity contribution in [3.05, 3.63) is 53.9 Å². The number of ether oxygens (including phenoxy) is 2. The number of aromatic nitrogens is 4. The van der Waals surface area contributed by atoms with Crippen LogP contribution in [0.5, 0.6) is 5.75 Å². The average Bonchev–Trinajstić information content (AvgIpc) is 3.52. The summed E-state index contributed by atoms with van der Waals surface area (Å²) in [5.74, 6) is 0.522. The SMILES string of the molecule is Cc1ncnc(C)c1-c1cc(NC(=O)c2ccnn2C)ccc1OCCN1C[C@@H]2C[C@H]1CO2. The third kappa shape index (κ3) is 4.34. The van der Waals surface area contributed by atoms with Gasteiger partial charge in [-0.3, -0.25) is 14.4 Å². The van der Waals surface area contributed by atoms with Gasteiger partial charge in [-0.25, -0.2) is 9.97 Å². The molecule has 33 heavy (non-hydrogen) atoms. The molecule has 5 rings (SSSR count). The van der Waals surface area contributed by atoms with Crippen LogP contribution in [0, 0.1) is 13.8 Å². The van der Waals surface area contributed by atoms with Crippen molar-refractivity contribution in [3.8, 4) is 16.9 Å². The van der Waals surface area contributed by atoms with E-state index < -0.39 is 0 Å². The van der Waals surface area contributed by atoms with Crippen LogP contribution in [-0.4, -0.2) is 69.0 Å². The normalized spacial score (nSPS) is 19.7. The molecule has 1 N–H and O–H groups in total. The number of aryl methyl sites for hydroxylation is 3. The third-order valence-electron chi connectivity index (χ3n) is 6.44. The van der Waals surface area contributed by atoms with Crippen molar-refractivity contribution >= 4 is 11.6 Å². The van der Waals surface area contributed by atoms with E-state index in [2.05, 4.69) is 25.3 Å². The van der Waals surface area contributed by atoms with E-state index in [0.717, 1.165) is 54.4 Å². The van der Waals surface area contributed by atoms with Crippen LogP contribution in [0.25, 0.3) is 11.1 Å². The van der Waals surface area contributed by atoms with Gasteiger partial charge in [0.1, 0.15) is 24.4 Å². The summed E-state index contributed by atoms with van der Waals surface area (Å²) in [4.78, 5) is 23.9. The summed E-state index contributed by atoms with van der Waals surface area (Å²) in [6.07, 6.45) is 4.66. The van der Waals surface area contributed by atoms with Crippen LogP contribution in [0.1, 0.15) is 28.3 Å². The molecule has 2 fully saturated rings. The fourth-order valence-electron chi connectivity index (χ4n) is 4.73. The Morgan fingerprint density at radius 2 is 2.06 bits per heavy atom. The number of amides is 1. The van der Waals surface area contributed by atoms with Crippen molar-refractivity contribution in [2.24, 2.45) is 7.05 Å². The molecule has 2 atom stereocenters. The van der Waals surface area contributed by atoms with Crippen molar-refractivity contribution in [2.75, 3.05) is 31.6 Å². The van der Waals surface area contributed by atoms with Gasteiger partial charge in [0.05, 0.1) is 12.7 Å². The number of anilines is 1. The van der Waals surface area contributed by atoms with E-state index in [0.29, 0.717) is 30.1 Å². The van der Waals surface area contributed by atoms with Gasteiger partial charge in [0, 0.05) is 60.6 Å². The lowest BCUT2D eigenvalue weighted by Gasteiger charge is -2.26. The Kier molecular flexibility index (Phi) is 5.82. The third-order valence-corrected chi connectivity index (χ3v) is 6.44. The van der Waals surface area contributed by atoms with Crippen LogP contribution in [0.3, 0.4) is 0 Å². The number of benzene rings is 1. The highest BCUT2D eigenvalue weighted by Gasteiger charge is 2.38. The van der Waals surface area contributed by atoms with Crippen LogP contribution in [0.15, 0.2) is 36.8 Å². The van der Waals surface area contributed by atoms with Gasteiger partial charge < -0.3 is 14.8 Å². The van der Waals surface area contributed by atoms with Crippen molar-refractivity contribution < 1.29 is 14.3 Å². The van der Waals surface area contributed by atoms with Gasteiger partial charge in [0.2, 0.25) is 0 Å². The van der Waals surface area contributed by atoms with Crippen LogP contribution < -0.4 is 10.1 Å². The quantitative estimate of drug-likeness (QED) is 0.594. The number of carbonyl (C=O) groups excluding carboxylic acids is 1. The van der Waals surface area contributed by atoms with Gasteiger partial charge >= 0.3 is 0 Å². The van der Waals surface area contributed by atoms with E-state index >= 15 is 0 Å². The van der Waals surface area contributed by atoms with Crippen molar-refractivity contribution in [1.82, 2.24) is 24.6 Å². The number of nitrogens with zero attached hydrogens (tertiary/aromatic N) is 5. The number of rotatable bonds is 7. The molecule has 0 spiro atoms. The molecule has 2 aliphatic heterocycles. The minimum Gasteiger partial charge on any atom is -0.492 e. The first kappa shape index (κ1) is 21.5. The molecule has 0 unspecified atom stereocenters. The van der Waals surface area contributed by atoms with Gasteiger partial charge in [-0.2, -0.15) is 5.10 Å². The second-order valence-corrected chi connectivity index (χ2v) is 8.61. The Hall–Kier alpha value is -3.30. The summed E-state index contributed by atoms with van der Waals surface area (Å²) in [5.41, 5.74) is 4.64. The Bertz CT molecular complexity index is 1160. The summed E-state index contributed by atoms with van der Waals surface area (Å²) in [6.45, 7) is 7.13. The monoisotopic (exact) mass is 448 g/mol. The molecule has 1 aromatic carbocycles. The molecule has 2 bridgehead atoms. The topological polar surface area (TPSA) is 94.4 Å². The van der Waals surface area contributed by atoms with E-state index in [4.69, 9.17) is 9.47 Å². The maximum absolute atomic E-state index is 12.7. The zero-order valence-corrected chi connectivity index (χ0v) is 19.1. The highest BCUT2D eigenvalue weighted by atomic mass is 16.5. The predicted octanol–water partition coefficient (Wildman–Crippen LogP) is 2.60. The number of hydrogen-bond acceptors (Lipinski definition) is 7. The molecule has 2 aliphatic rings. The van der Waals surface area contributed by atoms with Gasteiger partial charge in [0.15, 0.2) is 0 Å². The minimum atomic E-state index is -0.223. The standard InChI is InChI=1S/C24H28N6O3/c1-15-23(16(2)26-14-25-15)20-10-17(28-24(31)21-6-7-27-29(21)3)4-5-22(20)32-9-8-30-12-19-11-18(30)13-33-19/h4-7,10,14,18-19H,8-9,11-13H2,1-3H3,(H,28,31)/t18-,19-/m0/s1. The van der Waals surface area contributed by atoms with Gasteiger partial charge in [0.25, 0.3) is 5.91 Å². The lowest BCUT2D eigenvalue weighted by Crippen LogP contribution is -2.39. The first-order chi connectivity index (χ1) is 16.0. The maximum atomic E-state index is 12.7. The fraction of sp³-hybridized carbons (Fsp3) is 0.417. The molecule has 172 valence electrons. The number of likely N-dealkylation sites (tertiary alicyclic amines) is 1. The van der Waals surface area contributed by atoms with Crippen LogP contribution >= 0.6 is 0 Å². The fourth-order valence-corrected chi connectivity index (χ4v) is 4.73. The summed E-state index contributed by atoms with van der Waals surface area (Å²) < 4.78 is 13.5. The molecule has 1 amide bonds. The lowest BCUT2D eigenvalue weighted by atomic mass is 10.0. The molecule has 2 saturated heterocycles. The Labute approximate surface area is 192 Å². The van der Waals surface area contributed by atoms with Gasteiger partial charge in [-0.05, 0) is 44.5 Å². The number of hydrogen-bond donors (Lipinski definition) is 1. The Morgan fingerprint density at radius 3 is 2.73 bits per heavy atom. The van der Waals surface area contributed by atoms with Gasteiger partial charge in [-0.15, -0.1) is 0 Å². The zero-order chi connectivity index (χ0) is 22.9. The second-order valence-electron chi connectivity index (χ2n) is 8.61.